The molecule has 0 unspecified atom stereocenters. The second-order valence-corrected chi connectivity index (χ2v) is 33.0. The fourth-order valence-electron chi connectivity index (χ4n) is 14.6. The lowest BCUT2D eigenvalue weighted by atomic mass is 9.94. The molecule has 0 atom stereocenters. The lowest BCUT2D eigenvalue weighted by Gasteiger charge is -2.11. The van der Waals surface area contributed by atoms with Crippen molar-refractivity contribution in [3.8, 4) is 44.5 Å². The van der Waals surface area contributed by atoms with E-state index in [0.717, 1.165) is 22.3 Å². The van der Waals surface area contributed by atoms with Gasteiger partial charge in [-0.25, -0.2) is 0 Å². The maximum absolute atomic E-state index is 5.73. The summed E-state index contributed by atoms with van der Waals surface area (Å²) in [5.41, 5.74) is 35.9. The van der Waals surface area contributed by atoms with Gasteiger partial charge in [0, 0.05) is 61.9 Å². The predicted octanol–water partition coefficient (Wildman–Crippen LogP) is 33.6. The quantitative estimate of drug-likeness (QED) is 0.176. The van der Waals surface area contributed by atoms with Crippen molar-refractivity contribution in [2.75, 3.05) is 0 Å². The van der Waals surface area contributed by atoms with Gasteiger partial charge in [0.1, 0.15) is 22.3 Å². The average Bonchev–Trinajstić information content (AvgIpc) is 1.77. The van der Waals surface area contributed by atoms with Crippen molar-refractivity contribution in [1.82, 2.24) is 0 Å². The molecule has 20 rings (SSSR count). The molecule has 20 aromatic rings. The van der Waals surface area contributed by atoms with Crippen LogP contribution in [0.3, 0.4) is 0 Å². The summed E-state index contributed by atoms with van der Waals surface area (Å²) in [6, 6.07) is 120. The summed E-state index contributed by atoms with van der Waals surface area (Å²) >= 11 is 3.75. The second-order valence-electron chi connectivity index (χ2n) is 30.8. The van der Waals surface area contributed by atoms with Gasteiger partial charge >= 0.3 is 0 Å². The van der Waals surface area contributed by atoms with Crippen LogP contribution in [-0.2, 0) is 0 Å². The molecule has 0 amide bonds. The predicted molar refractivity (Wildman–Crippen MR) is 509 cm³/mol. The first-order valence-electron chi connectivity index (χ1n) is 40.2. The van der Waals surface area contributed by atoms with Crippen LogP contribution in [0, 0.1) is 111 Å². The van der Waals surface area contributed by atoms with Crippen LogP contribution in [0.15, 0.2) is 349 Å². The lowest BCUT2D eigenvalue weighted by molar-refractivity contribution is 0.668. The number of furan rings is 2. The number of aryl methyl sites for hydroxylation is 14. The van der Waals surface area contributed by atoms with Gasteiger partial charge in [-0.1, -0.05) is 290 Å². The van der Waals surface area contributed by atoms with Crippen LogP contribution in [0.2, 0.25) is 0 Å². The van der Waals surface area contributed by atoms with Gasteiger partial charge < -0.3 is 8.83 Å². The summed E-state index contributed by atoms with van der Waals surface area (Å²) in [5.74, 6) is 0. The minimum atomic E-state index is 0.966. The van der Waals surface area contributed by atoms with Gasteiger partial charge in [0.05, 0.1) is 0 Å². The van der Waals surface area contributed by atoms with Crippen molar-refractivity contribution in [1.29, 1.82) is 0 Å². The Balaban J connectivity index is 0.000000115. The normalized spacial score (nSPS) is 10.8. The molecule has 4 heteroatoms. The average molecular weight is 1550 g/mol. The largest absolute Gasteiger partial charge is 0.456 e. The molecule has 0 aliphatic carbocycles. The van der Waals surface area contributed by atoms with Crippen molar-refractivity contribution in [2.45, 2.75) is 111 Å². The summed E-state index contributed by atoms with van der Waals surface area (Å²) < 4.78 is 17.0. The maximum atomic E-state index is 5.73. The molecule has 116 heavy (non-hydrogen) atoms. The lowest BCUT2D eigenvalue weighted by Crippen LogP contribution is -1.90. The molecule has 0 aliphatic heterocycles. The second kappa shape index (κ2) is 37.7. The number of hydrogen-bond acceptors (Lipinski definition) is 4. The van der Waals surface area contributed by atoms with Gasteiger partial charge in [-0.2, -0.15) is 0 Å². The molecule has 4 aromatic heterocycles. The Kier molecular flexibility index (Phi) is 26.5. The molecule has 0 aliphatic rings. The van der Waals surface area contributed by atoms with E-state index < -0.39 is 0 Å². The number of fused-ring (bicyclic) bond motifs is 12. The Morgan fingerprint density at radius 3 is 1.06 bits per heavy atom. The highest BCUT2D eigenvalue weighted by molar-refractivity contribution is 7.26. The minimum Gasteiger partial charge on any atom is -0.456 e. The van der Waals surface area contributed by atoms with E-state index in [-0.39, 0.29) is 0 Å². The molecule has 16 aromatic carbocycles. The van der Waals surface area contributed by atoms with E-state index in [9.17, 15) is 0 Å². The monoisotopic (exact) mass is 1540 g/mol. The zero-order valence-electron chi connectivity index (χ0n) is 70.0. The molecular formula is C112H104O2S2. The van der Waals surface area contributed by atoms with Crippen LogP contribution >= 0.6 is 22.7 Å². The fraction of sp³-hybridized carbons (Fsp3) is 0.143. The van der Waals surface area contributed by atoms with Gasteiger partial charge in [0.25, 0.3) is 0 Å². The van der Waals surface area contributed by atoms with Crippen LogP contribution in [0.25, 0.3) is 129 Å². The Labute approximate surface area is 694 Å². The van der Waals surface area contributed by atoms with E-state index in [4.69, 9.17) is 8.83 Å². The standard InChI is InChI=1S/C16H18.2C15H16.C14H14.2C13H10O.2C13H10S/c1-11-7-5-6-8-16(11)15-9-12(2)14(4)13(3)10-15;1-11-8-9-14(10-13(11)3)15-7-5-4-6-12(15)2;1-11-9-15(10-12(2)13(11)3)14-7-5-4-6-8-14;1-11-8-9-14(10-12(11)2)13-6-4-3-5-7-13;1-9-6-7-13-11(8-9)10-4-2-3-5-12(10)14-13;1-9-6-7-11-10-4-2-3-5-12(10)14-13(11)8-9;1-9-6-7-13-11(8-9)10-4-2-3-5-12(10)14-13;1-9-6-7-11-10-4-2-3-5-12(10)14-13(11)8-9/h5-10H,1-4H3;2*4-10H,1-3H3;3-10H,1-2H3;4*2-8H,1H3. The molecule has 0 spiro atoms. The van der Waals surface area contributed by atoms with Gasteiger partial charge in [-0.05, 0) is 294 Å². The van der Waals surface area contributed by atoms with Crippen LogP contribution < -0.4 is 0 Å². The first-order chi connectivity index (χ1) is 56.1. The molecule has 4 heterocycles. The molecule has 0 N–H and O–H groups in total. The molecular weight excluding hydrogens is 1440 g/mol. The van der Waals surface area contributed by atoms with Crippen molar-refractivity contribution in [2.24, 2.45) is 0 Å². The highest BCUT2D eigenvalue weighted by Crippen LogP contribution is 2.37. The Morgan fingerprint density at radius 2 is 0.509 bits per heavy atom. The number of rotatable bonds is 4. The number of hydrogen-bond donors (Lipinski definition) is 0. The van der Waals surface area contributed by atoms with E-state index in [1.54, 1.807) is 0 Å². The zero-order chi connectivity index (χ0) is 81.5. The van der Waals surface area contributed by atoms with Crippen LogP contribution in [0.1, 0.15) is 89.0 Å². The first kappa shape index (κ1) is 81.6. The fourth-order valence-corrected chi connectivity index (χ4v) is 16.9. The van der Waals surface area contributed by atoms with Crippen LogP contribution in [0.4, 0.5) is 0 Å². The Morgan fingerprint density at radius 1 is 0.164 bits per heavy atom. The molecule has 0 fully saturated rings. The molecule has 0 bridgehead atoms. The summed E-state index contributed by atoms with van der Waals surface area (Å²) in [6.45, 7) is 34.5. The Hall–Kier alpha value is -12.4. The van der Waals surface area contributed by atoms with Crippen molar-refractivity contribution in [3.63, 3.8) is 0 Å². The van der Waals surface area contributed by atoms with Crippen LogP contribution in [-0.4, -0.2) is 0 Å². The van der Waals surface area contributed by atoms with Crippen molar-refractivity contribution in [3.05, 3.63) is 429 Å². The highest BCUT2D eigenvalue weighted by atomic mass is 32.1. The molecule has 0 saturated carbocycles. The van der Waals surface area contributed by atoms with Gasteiger partial charge in [0.2, 0.25) is 0 Å². The molecule has 576 valence electrons. The third-order valence-corrected chi connectivity index (χ3v) is 24.4. The summed E-state index contributed by atoms with van der Waals surface area (Å²) in [6.07, 6.45) is 0. The zero-order valence-corrected chi connectivity index (χ0v) is 71.6. The van der Waals surface area contributed by atoms with E-state index in [0.29, 0.717) is 0 Å². The Bertz CT molecular complexity index is 6490. The molecule has 0 saturated heterocycles. The summed E-state index contributed by atoms with van der Waals surface area (Å²) in [5, 5.41) is 10.4. The highest BCUT2D eigenvalue weighted by Gasteiger charge is 2.11. The summed E-state index contributed by atoms with van der Waals surface area (Å²) in [7, 11) is 0. The number of para-hydroxylation sites is 2. The van der Waals surface area contributed by atoms with Crippen LogP contribution in [0.5, 0.6) is 0 Å². The van der Waals surface area contributed by atoms with Crippen molar-refractivity contribution >= 4 is 107 Å². The number of thiophene rings is 2. The molecule has 0 radical (unpaired) electrons. The van der Waals surface area contributed by atoms with Gasteiger partial charge in [-0.3, -0.25) is 0 Å². The van der Waals surface area contributed by atoms with E-state index in [1.807, 2.05) is 71.2 Å². The molecule has 2 nitrogen and oxygen atoms in total. The SMILES string of the molecule is Cc1cc(-c2ccccc2)cc(C)c1C.Cc1ccc(-c2ccccc2)cc1C.Cc1ccc(-c2ccccc2C)cc1C.Cc1ccc2c(c1)oc1ccccc12.Cc1ccc2c(c1)sc1ccccc12.Cc1ccc2oc3ccccc3c2c1.Cc1ccc2sc3ccccc3c2c1.Cc1ccccc1-c1cc(C)c(C)c(C)c1. The van der Waals surface area contributed by atoms with E-state index >= 15 is 0 Å². The van der Waals surface area contributed by atoms with E-state index in [1.165, 1.54) is 195 Å². The smallest absolute Gasteiger partial charge is 0.135 e. The maximum Gasteiger partial charge on any atom is 0.135 e. The third-order valence-electron chi connectivity index (χ3n) is 22.1. The van der Waals surface area contributed by atoms with Gasteiger partial charge in [0.15, 0.2) is 0 Å². The first-order valence-corrected chi connectivity index (χ1v) is 41.8. The minimum absolute atomic E-state index is 0.966. The number of benzene rings is 16. The van der Waals surface area contributed by atoms with E-state index in [2.05, 4.69) is 402 Å². The topological polar surface area (TPSA) is 26.3 Å². The van der Waals surface area contributed by atoms with Gasteiger partial charge in [-0.15, -0.1) is 22.7 Å². The summed E-state index contributed by atoms with van der Waals surface area (Å²) in [4.78, 5) is 0. The third kappa shape index (κ3) is 19.8. The van der Waals surface area contributed by atoms with Crippen molar-refractivity contribution < 1.29 is 8.83 Å².